The topological polar surface area (TPSA) is 24.5 Å². The molecule has 19 heavy (non-hydrogen) atoms. The molecule has 3 nitrogen and oxygen atoms in total. The van der Waals surface area contributed by atoms with Gasteiger partial charge >= 0.3 is 0 Å². The average molecular weight is 264 g/mol. The average Bonchev–Trinajstić information content (AvgIpc) is 2.33. The lowest BCUT2D eigenvalue weighted by atomic mass is 10.2. The molecule has 0 heterocycles. The quantitative estimate of drug-likeness (QED) is 0.781. The van der Waals surface area contributed by atoms with Crippen LogP contribution in [-0.4, -0.2) is 37.7 Å². The third-order valence-electron chi connectivity index (χ3n) is 2.93. The monoisotopic (exact) mass is 264 g/mol. The van der Waals surface area contributed by atoms with Crippen molar-refractivity contribution < 1.29 is 4.74 Å². The van der Waals surface area contributed by atoms with Crippen molar-refractivity contribution in [3.8, 4) is 5.75 Å². The summed E-state index contributed by atoms with van der Waals surface area (Å²) in [7, 11) is 4.22. The molecule has 108 valence electrons. The van der Waals surface area contributed by atoms with E-state index in [0.29, 0.717) is 6.04 Å². The van der Waals surface area contributed by atoms with Gasteiger partial charge in [0.1, 0.15) is 5.75 Å². The second-order valence-corrected chi connectivity index (χ2v) is 5.69. The largest absolute Gasteiger partial charge is 0.491 e. The number of ether oxygens (including phenoxy) is 1. The van der Waals surface area contributed by atoms with Gasteiger partial charge in [-0.05, 0) is 65.5 Å². The summed E-state index contributed by atoms with van der Waals surface area (Å²) in [4.78, 5) is 2.22. The minimum atomic E-state index is 0.224. The maximum absolute atomic E-state index is 5.71. The fourth-order valence-corrected chi connectivity index (χ4v) is 1.85. The molecule has 3 heteroatoms. The second kappa shape index (κ2) is 8.18. The highest BCUT2D eigenvalue weighted by molar-refractivity contribution is 5.28. The van der Waals surface area contributed by atoms with Crippen LogP contribution in [0.4, 0.5) is 0 Å². The van der Waals surface area contributed by atoms with Gasteiger partial charge in [0.25, 0.3) is 0 Å². The van der Waals surface area contributed by atoms with Gasteiger partial charge in [-0.2, -0.15) is 0 Å². The molecule has 0 aromatic heterocycles. The van der Waals surface area contributed by atoms with Gasteiger partial charge < -0.3 is 15.0 Å². The van der Waals surface area contributed by atoms with Crippen LogP contribution in [0.3, 0.4) is 0 Å². The summed E-state index contributed by atoms with van der Waals surface area (Å²) in [6.45, 7) is 8.34. The van der Waals surface area contributed by atoms with Crippen LogP contribution in [0.15, 0.2) is 24.3 Å². The molecular weight excluding hydrogens is 236 g/mol. The van der Waals surface area contributed by atoms with Gasteiger partial charge in [-0.1, -0.05) is 12.1 Å². The molecule has 1 N–H and O–H groups in total. The fourth-order valence-electron chi connectivity index (χ4n) is 1.85. The number of hydrogen-bond acceptors (Lipinski definition) is 3. The molecule has 1 rings (SSSR count). The van der Waals surface area contributed by atoms with Crippen LogP contribution in [-0.2, 0) is 6.54 Å². The minimum absolute atomic E-state index is 0.224. The van der Waals surface area contributed by atoms with Crippen molar-refractivity contribution in [2.24, 2.45) is 0 Å². The zero-order valence-electron chi connectivity index (χ0n) is 12.9. The first-order valence-electron chi connectivity index (χ1n) is 7.11. The molecule has 1 atom stereocenters. The Morgan fingerprint density at radius 1 is 1.21 bits per heavy atom. The van der Waals surface area contributed by atoms with E-state index in [2.05, 4.69) is 49.4 Å². The molecule has 0 aliphatic heterocycles. The number of nitrogens with zero attached hydrogens (tertiary/aromatic N) is 1. The third kappa shape index (κ3) is 7.19. The Morgan fingerprint density at radius 2 is 1.95 bits per heavy atom. The lowest BCUT2D eigenvalue weighted by molar-refractivity contribution is 0.242. The SMILES string of the molecule is CC(CCN(C)C)NCc1cccc(OC(C)C)c1. The number of hydrogen-bond donors (Lipinski definition) is 1. The van der Waals surface area contributed by atoms with Crippen LogP contribution in [0.5, 0.6) is 5.75 Å². The second-order valence-electron chi connectivity index (χ2n) is 5.69. The smallest absolute Gasteiger partial charge is 0.120 e. The summed E-state index contributed by atoms with van der Waals surface area (Å²) in [6.07, 6.45) is 1.39. The highest BCUT2D eigenvalue weighted by Crippen LogP contribution is 2.15. The van der Waals surface area contributed by atoms with Gasteiger partial charge in [0.15, 0.2) is 0 Å². The zero-order chi connectivity index (χ0) is 14.3. The van der Waals surface area contributed by atoms with Crippen LogP contribution in [0.2, 0.25) is 0 Å². The first-order valence-corrected chi connectivity index (χ1v) is 7.11. The summed E-state index contributed by atoms with van der Waals surface area (Å²) in [6, 6.07) is 8.85. The van der Waals surface area contributed by atoms with Gasteiger partial charge in [-0.3, -0.25) is 0 Å². The van der Waals surface area contributed by atoms with Gasteiger partial charge in [-0.25, -0.2) is 0 Å². The van der Waals surface area contributed by atoms with Crippen molar-refractivity contribution in [3.05, 3.63) is 29.8 Å². The molecule has 1 aromatic rings. The van der Waals surface area contributed by atoms with E-state index in [1.54, 1.807) is 0 Å². The maximum atomic E-state index is 5.71. The lowest BCUT2D eigenvalue weighted by Gasteiger charge is -2.17. The van der Waals surface area contributed by atoms with E-state index in [9.17, 15) is 0 Å². The van der Waals surface area contributed by atoms with Gasteiger partial charge in [0.2, 0.25) is 0 Å². The third-order valence-corrected chi connectivity index (χ3v) is 2.93. The van der Waals surface area contributed by atoms with Crippen LogP contribution in [0.25, 0.3) is 0 Å². The van der Waals surface area contributed by atoms with Crippen LogP contribution in [0, 0.1) is 0 Å². The highest BCUT2D eigenvalue weighted by Gasteiger charge is 2.04. The first-order chi connectivity index (χ1) is 8.97. The van der Waals surface area contributed by atoms with Crippen LogP contribution in [0.1, 0.15) is 32.8 Å². The molecule has 0 aliphatic carbocycles. The van der Waals surface area contributed by atoms with E-state index < -0.39 is 0 Å². The molecule has 0 radical (unpaired) electrons. The molecule has 1 aromatic carbocycles. The summed E-state index contributed by atoms with van der Waals surface area (Å²) in [5.74, 6) is 0.954. The summed E-state index contributed by atoms with van der Waals surface area (Å²) >= 11 is 0. The Hall–Kier alpha value is -1.06. The predicted octanol–water partition coefficient (Wildman–Crippen LogP) is 2.90. The Labute approximate surface area is 118 Å². The molecule has 0 saturated carbocycles. The van der Waals surface area contributed by atoms with Crippen molar-refractivity contribution in [1.82, 2.24) is 10.2 Å². The lowest BCUT2D eigenvalue weighted by Crippen LogP contribution is -2.29. The van der Waals surface area contributed by atoms with E-state index in [0.717, 1.165) is 25.3 Å². The molecule has 1 unspecified atom stereocenters. The molecule has 0 bridgehead atoms. The first kappa shape index (κ1) is 16.0. The van der Waals surface area contributed by atoms with Crippen molar-refractivity contribution in [2.75, 3.05) is 20.6 Å². The molecule has 0 spiro atoms. The Kier molecular flexibility index (Phi) is 6.89. The van der Waals surface area contributed by atoms with Crippen LogP contribution < -0.4 is 10.1 Å². The van der Waals surface area contributed by atoms with Gasteiger partial charge in [-0.15, -0.1) is 0 Å². The van der Waals surface area contributed by atoms with E-state index in [1.165, 1.54) is 5.56 Å². The zero-order valence-corrected chi connectivity index (χ0v) is 12.9. The molecule has 0 saturated heterocycles. The van der Waals surface area contributed by atoms with E-state index in [1.807, 2.05) is 19.9 Å². The van der Waals surface area contributed by atoms with Crippen molar-refractivity contribution in [1.29, 1.82) is 0 Å². The highest BCUT2D eigenvalue weighted by atomic mass is 16.5. The summed E-state index contributed by atoms with van der Waals surface area (Å²) in [5, 5.41) is 3.55. The van der Waals surface area contributed by atoms with E-state index in [-0.39, 0.29) is 6.10 Å². The van der Waals surface area contributed by atoms with Gasteiger partial charge in [0, 0.05) is 12.6 Å². The van der Waals surface area contributed by atoms with Crippen molar-refractivity contribution in [3.63, 3.8) is 0 Å². The maximum Gasteiger partial charge on any atom is 0.120 e. The Balaban J connectivity index is 2.40. The number of rotatable bonds is 8. The predicted molar refractivity (Wildman–Crippen MR) is 81.7 cm³/mol. The van der Waals surface area contributed by atoms with Gasteiger partial charge in [0.05, 0.1) is 6.10 Å². The molecule has 0 aliphatic rings. The van der Waals surface area contributed by atoms with Crippen LogP contribution >= 0.6 is 0 Å². The van der Waals surface area contributed by atoms with Crippen molar-refractivity contribution >= 4 is 0 Å². The fraction of sp³-hybridized carbons (Fsp3) is 0.625. The normalized spacial score (nSPS) is 13.0. The Morgan fingerprint density at radius 3 is 2.58 bits per heavy atom. The van der Waals surface area contributed by atoms with Crippen molar-refractivity contribution in [2.45, 2.75) is 45.9 Å². The van der Waals surface area contributed by atoms with E-state index in [4.69, 9.17) is 4.74 Å². The number of nitrogens with one attached hydrogen (secondary N) is 1. The molecular formula is C16H28N2O. The molecule has 0 fully saturated rings. The summed E-state index contributed by atoms with van der Waals surface area (Å²) in [5.41, 5.74) is 1.27. The summed E-state index contributed by atoms with van der Waals surface area (Å²) < 4.78 is 5.71. The number of benzene rings is 1. The molecule has 0 amide bonds. The standard InChI is InChI=1S/C16H28N2O/c1-13(2)19-16-8-6-7-15(11-16)12-17-14(3)9-10-18(4)5/h6-8,11,13-14,17H,9-10,12H2,1-5H3. The Bertz CT molecular complexity index is 364. The van der Waals surface area contributed by atoms with E-state index >= 15 is 0 Å². The minimum Gasteiger partial charge on any atom is -0.491 e.